The van der Waals surface area contributed by atoms with Crippen LogP contribution < -0.4 is 10.6 Å². The molecule has 0 radical (unpaired) electrons. The van der Waals surface area contributed by atoms with Crippen LogP contribution in [0, 0.1) is 5.82 Å². The van der Waals surface area contributed by atoms with E-state index in [1.54, 1.807) is 31.2 Å². The van der Waals surface area contributed by atoms with E-state index in [1.165, 1.54) is 18.2 Å². The molecule has 0 aliphatic heterocycles. The molecule has 0 spiro atoms. The molecule has 2 N–H and O–H groups in total. The molecule has 0 saturated carbocycles. The Morgan fingerprint density at radius 3 is 2.44 bits per heavy atom. The minimum atomic E-state index is -0.535. The second-order valence-corrected chi connectivity index (χ2v) is 5.56. The fourth-order valence-corrected chi connectivity index (χ4v) is 2.24. The lowest BCUT2D eigenvalue weighted by Gasteiger charge is -2.09. The van der Waals surface area contributed by atoms with Gasteiger partial charge in [0, 0.05) is 24.3 Å². The highest BCUT2D eigenvalue weighted by atomic mass is 35.5. The van der Waals surface area contributed by atoms with Crippen molar-refractivity contribution in [2.24, 2.45) is 0 Å². The van der Waals surface area contributed by atoms with Crippen LogP contribution >= 0.6 is 11.6 Å². The monoisotopic (exact) mass is 364 g/mol. The Labute approximate surface area is 150 Å². The molecule has 0 aliphatic carbocycles. The Kier molecular flexibility index (Phi) is 6.77. The van der Waals surface area contributed by atoms with Crippen molar-refractivity contribution < 1.29 is 18.7 Å². The van der Waals surface area contributed by atoms with Crippen molar-refractivity contribution in [3.8, 4) is 0 Å². The zero-order valence-corrected chi connectivity index (χ0v) is 14.4. The van der Waals surface area contributed by atoms with Gasteiger partial charge in [-0.25, -0.2) is 9.18 Å². The third-order valence-electron chi connectivity index (χ3n) is 3.28. The summed E-state index contributed by atoms with van der Waals surface area (Å²) in [6.45, 7) is 2.48. The normalized spacial score (nSPS) is 10.2. The number of carbonyl (C=O) groups is 2. The minimum Gasteiger partial charge on any atom is -0.462 e. The van der Waals surface area contributed by atoms with Gasteiger partial charge in [0.1, 0.15) is 5.82 Å². The highest BCUT2D eigenvalue weighted by Crippen LogP contribution is 2.19. The number of benzene rings is 2. The van der Waals surface area contributed by atoms with Crippen molar-refractivity contribution in [3.05, 3.63) is 58.9 Å². The molecule has 132 valence electrons. The van der Waals surface area contributed by atoms with Gasteiger partial charge in [-0.2, -0.15) is 0 Å². The Morgan fingerprint density at radius 2 is 1.80 bits per heavy atom. The first-order valence-corrected chi connectivity index (χ1v) is 8.13. The first kappa shape index (κ1) is 18.7. The molecular formula is C18H18ClFN2O3. The molecule has 5 nitrogen and oxygen atoms in total. The summed E-state index contributed by atoms with van der Waals surface area (Å²) < 4.78 is 18.0. The third kappa shape index (κ3) is 5.76. The smallest absolute Gasteiger partial charge is 0.338 e. The molecule has 0 aliphatic rings. The summed E-state index contributed by atoms with van der Waals surface area (Å²) in [4.78, 5) is 23.4. The quantitative estimate of drug-likeness (QED) is 0.726. The molecular weight excluding hydrogens is 347 g/mol. The number of anilines is 2. The van der Waals surface area contributed by atoms with Gasteiger partial charge in [-0.3, -0.25) is 4.79 Å². The van der Waals surface area contributed by atoms with Crippen LogP contribution in [-0.2, 0) is 9.53 Å². The van der Waals surface area contributed by atoms with Gasteiger partial charge in [0.2, 0.25) is 5.91 Å². The lowest BCUT2D eigenvalue weighted by Crippen LogP contribution is -2.16. The van der Waals surface area contributed by atoms with Crippen LogP contribution in [0.5, 0.6) is 0 Å². The summed E-state index contributed by atoms with van der Waals surface area (Å²) >= 11 is 5.66. The number of halogens is 2. The highest BCUT2D eigenvalue weighted by Gasteiger charge is 2.07. The van der Waals surface area contributed by atoms with Crippen LogP contribution in [-0.4, -0.2) is 25.0 Å². The Bertz CT molecular complexity index is 750. The van der Waals surface area contributed by atoms with Gasteiger partial charge in [0.15, 0.2) is 0 Å². The summed E-state index contributed by atoms with van der Waals surface area (Å²) in [6, 6.07) is 10.8. The molecule has 0 heterocycles. The van der Waals surface area contributed by atoms with Gasteiger partial charge >= 0.3 is 5.97 Å². The number of carbonyl (C=O) groups excluding carboxylic acids is 2. The summed E-state index contributed by atoms with van der Waals surface area (Å²) in [5.41, 5.74) is 1.69. The fourth-order valence-electron chi connectivity index (χ4n) is 2.06. The highest BCUT2D eigenvalue weighted by molar-refractivity contribution is 6.31. The molecule has 0 unspecified atom stereocenters. The minimum absolute atomic E-state index is 0.0439. The average molecular weight is 365 g/mol. The van der Waals surface area contributed by atoms with Crippen molar-refractivity contribution >= 4 is 34.9 Å². The van der Waals surface area contributed by atoms with E-state index in [0.29, 0.717) is 24.4 Å². The zero-order chi connectivity index (χ0) is 18.2. The summed E-state index contributed by atoms with van der Waals surface area (Å²) in [5, 5.41) is 5.68. The maximum atomic E-state index is 13.1. The van der Waals surface area contributed by atoms with E-state index in [-0.39, 0.29) is 23.3 Å². The first-order valence-electron chi connectivity index (χ1n) is 7.75. The second-order valence-electron chi connectivity index (χ2n) is 5.15. The number of nitrogens with one attached hydrogen (secondary N) is 2. The van der Waals surface area contributed by atoms with Crippen molar-refractivity contribution in [2.75, 3.05) is 23.8 Å². The maximum Gasteiger partial charge on any atom is 0.338 e. The van der Waals surface area contributed by atoms with Crippen molar-refractivity contribution in [1.29, 1.82) is 0 Å². The largest absolute Gasteiger partial charge is 0.462 e. The molecule has 2 aromatic rings. The number of ether oxygens (including phenoxy) is 1. The van der Waals surface area contributed by atoms with E-state index in [0.717, 1.165) is 5.69 Å². The van der Waals surface area contributed by atoms with E-state index in [1.807, 2.05) is 0 Å². The predicted molar refractivity (Wildman–Crippen MR) is 95.5 cm³/mol. The molecule has 2 aromatic carbocycles. The van der Waals surface area contributed by atoms with Crippen LogP contribution in [0.4, 0.5) is 15.8 Å². The molecule has 0 aromatic heterocycles. The molecule has 25 heavy (non-hydrogen) atoms. The number of esters is 1. The Balaban J connectivity index is 1.78. The molecule has 2 rings (SSSR count). The van der Waals surface area contributed by atoms with Gasteiger partial charge < -0.3 is 15.4 Å². The van der Waals surface area contributed by atoms with Crippen molar-refractivity contribution in [1.82, 2.24) is 0 Å². The van der Waals surface area contributed by atoms with Crippen molar-refractivity contribution in [2.45, 2.75) is 13.3 Å². The topological polar surface area (TPSA) is 67.4 Å². The molecule has 0 saturated heterocycles. The van der Waals surface area contributed by atoms with Crippen molar-refractivity contribution in [3.63, 3.8) is 0 Å². The number of amides is 1. The van der Waals surface area contributed by atoms with E-state index in [4.69, 9.17) is 16.3 Å². The van der Waals surface area contributed by atoms with Crippen LogP contribution in [0.3, 0.4) is 0 Å². The van der Waals surface area contributed by atoms with Gasteiger partial charge in [0.25, 0.3) is 0 Å². The van der Waals surface area contributed by atoms with Crippen LogP contribution in [0.1, 0.15) is 23.7 Å². The van der Waals surface area contributed by atoms with E-state index in [9.17, 15) is 14.0 Å². The molecule has 0 atom stereocenters. The van der Waals surface area contributed by atoms with Crippen LogP contribution in [0.15, 0.2) is 42.5 Å². The summed E-state index contributed by atoms with van der Waals surface area (Å²) in [5.74, 6) is -1.13. The molecule has 1 amide bonds. The van der Waals surface area contributed by atoms with Gasteiger partial charge in [0.05, 0.1) is 17.2 Å². The van der Waals surface area contributed by atoms with Gasteiger partial charge in [-0.15, -0.1) is 0 Å². The van der Waals surface area contributed by atoms with E-state index < -0.39 is 5.82 Å². The van der Waals surface area contributed by atoms with Crippen LogP contribution in [0.2, 0.25) is 5.02 Å². The SMILES string of the molecule is CCOC(=O)c1ccc(NCCC(=O)Nc2ccc(F)c(Cl)c2)cc1. The summed E-state index contributed by atoms with van der Waals surface area (Å²) in [6.07, 6.45) is 0.217. The lowest BCUT2D eigenvalue weighted by molar-refractivity contribution is -0.115. The number of hydrogen-bond donors (Lipinski definition) is 2. The van der Waals surface area contributed by atoms with Gasteiger partial charge in [-0.05, 0) is 49.4 Å². The predicted octanol–water partition coefficient (Wildman–Crippen LogP) is 4.10. The summed E-state index contributed by atoms with van der Waals surface area (Å²) in [7, 11) is 0. The molecule has 0 fully saturated rings. The van der Waals surface area contributed by atoms with Crippen LogP contribution in [0.25, 0.3) is 0 Å². The first-order chi connectivity index (χ1) is 12.0. The number of rotatable bonds is 7. The zero-order valence-electron chi connectivity index (χ0n) is 13.6. The standard InChI is InChI=1S/C18H18ClFN2O3/c1-2-25-18(24)12-3-5-13(6-4-12)21-10-9-17(23)22-14-7-8-16(20)15(19)11-14/h3-8,11,21H,2,9-10H2,1H3,(H,22,23). The maximum absolute atomic E-state index is 13.1. The number of hydrogen-bond acceptors (Lipinski definition) is 4. The molecule has 7 heteroatoms. The van der Waals surface area contributed by atoms with E-state index >= 15 is 0 Å². The Hall–Kier alpha value is -2.60. The molecule has 0 bridgehead atoms. The Morgan fingerprint density at radius 1 is 1.12 bits per heavy atom. The third-order valence-corrected chi connectivity index (χ3v) is 3.57. The van der Waals surface area contributed by atoms with Gasteiger partial charge in [-0.1, -0.05) is 11.6 Å². The fraction of sp³-hybridized carbons (Fsp3) is 0.222. The second kappa shape index (κ2) is 9.03. The van der Waals surface area contributed by atoms with E-state index in [2.05, 4.69) is 10.6 Å². The average Bonchev–Trinajstić information content (AvgIpc) is 2.59. The lowest BCUT2D eigenvalue weighted by atomic mass is 10.2.